The maximum Gasteiger partial charge on any atom is 0.133 e. The molecule has 1 unspecified atom stereocenters. The molecule has 1 aromatic rings. The van der Waals surface area contributed by atoms with Crippen LogP contribution in [0.5, 0.6) is 0 Å². The SMILES string of the molecule is CCNCc1c(C)cc(C)nc1N1CCCC1CC. The molecule has 1 N–H and O–H groups in total. The lowest BCUT2D eigenvalue weighted by atomic mass is 10.1. The highest BCUT2D eigenvalue weighted by molar-refractivity contribution is 5.53. The molecule has 3 heteroatoms. The Balaban J connectivity index is 2.36. The van der Waals surface area contributed by atoms with Crippen molar-refractivity contribution in [2.24, 2.45) is 0 Å². The van der Waals surface area contributed by atoms with E-state index in [2.05, 4.69) is 44.0 Å². The van der Waals surface area contributed by atoms with Gasteiger partial charge < -0.3 is 10.2 Å². The minimum Gasteiger partial charge on any atom is -0.353 e. The van der Waals surface area contributed by atoms with Crippen molar-refractivity contribution in [2.75, 3.05) is 18.0 Å². The van der Waals surface area contributed by atoms with Crippen molar-refractivity contribution in [1.29, 1.82) is 0 Å². The smallest absolute Gasteiger partial charge is 0.133 e. The number of nitrogens with zero attached hydrogens (tertiary/aromatic N) is 2. The van der Waals surface area contributed by atoms with Crippen molar-refractivity contribution in [3.63, 3.8) is 0 Å². The van der Waals surface area contributed by atoms with Gasteiger partial charge in [-0.3, -0.25) is 0 Å². The van der Waals surface area contributed by atoms with Gasteiger partial charge in [0.25, 0.3) is 0 Å². The molecule has 1 fully saturated rings. The van der Waals surface area contributed by atoms with Gasteiger partial charge in [0.2, 0.25) is 0 Å². The Morgan fingerprint density at radius 2 is 2.16 bits per heavy atom. The van der Waals surface area contributed by atoms with E-state index in [9.17, 15) is 0 Å². The second-order valence-corrected chi connectivity index (χ2v) is 5.56. The van der Waals surface area contributed by atoms with E-state index in [0.717, 1.165) is 25.3 Å². The van der Waals surface area contributed by atoms with Gasteiger partial charge in [0.05, 0.1) is 0 Å². The third-order valence-electron chi connectivity index (χ3n) is 4.13. The molecule has 0 radical (unpaired) electrons. The Kier molecular flexibility index (Phi) is 4.81. The topological polar surface area (TPSA) is 28.2 Å². The van der Waals surface area contributed by atoms with Gasteiger partial charge in [-0.1, -0.05) is 13.8 Å². The fourth-order valence-corrected chi connectivity index (χ4v) is 3.09. The zero-order valence-electron chi connectivity index (χ0n) is 12.8. The number of pyridine rings is 1. The van der Waals surface area contributed by atoms with Crippen LogP contribution >= 0.6 is 0 Å². The monoisotopic (exact) mass is 261 g/mol. The Morgan fingerprint density at radius 1 is 1.37 bits per heavy atom. The molecule has 0 spiro atoms. The number of aromatic nitrogens is 1. The minimum absolute atomic E-state index is 0.675. The van der Waals surface area contributed by atoms with Gasteiger partial charge in [-0.2, -0.15) is 0 Å². The lowest BCUT2D eigenvalue weighted by Crippen LogP contribution is -2.31. The van der Waals surface area contributed by atoms with E-state index in [1.807, 2.05) is 0 Å². The second kappa shape index (κ2) is 6.38. The van der Waals surface area contributed by atoms with Crippen molar-refractivity contribution < 1.29 is 0 Å². The van der Waals surface area contributed by atoms with Gasteiger partial charge in [-0.05, 0) is 51.3 Å². The lowest BCUT2D eigenvalue weighted by Gasteiger charge is -2.28. The third-order valence-corrected chi connectivity index (χ3v) is 4.13. The van der Waals surface area contributed by atoms with Crippen LogP contribution in [0, 0.1) is 13.8 Å². The Bertz CT molecular complexity index is 428. The molecular weight excluding hydrogens is 234 g/mol. The summed E-state index contributed by atoms with van der Waals surface area (Å²) in [5.74, 6) is 1.22. The molecule has 19 heavy (non-hydrogen) atoms. The molecule has 106 valence electrons. The van der Waals surface area contributed by atoms with Gasteiger partial charge >= 0.3 is 0 Å². The quantitative estimate of drug-likeness (QED) is 0.882. The molecule has 1 aliphatic rings. The Morgan fingerprint density at radius 3 is 2.84 bits per heavy atom. The average molecular weight is 261 g/mol. The summed E-state index contributed by atoms with van der Waals surface area (Å²) in [7, 11) is 0. The third kappa shape index (κ3) is 3.08. The highest BCUT2D eigenvalue weighted by Gasteiger charge is 2.26. The van der Waals surface area contributed by atoms with Crippen LogP contribution in [0.2, 0.25) is 0 Å². The van der Waals surface area contributed by atoms with Crippen molar-refractivity contribution in [2.45, 2.75) is 59.5 Å². The van der Waals surface area contributed by atoms with Crippen LogP contribution in [0.4, 0.5) is 5.82 Å². The number of rotatable bonds is 5. The van der Waals surface area contributed by atoms with Crippen molar-refractivity contribution in [3.05, 3.63) is 22.9 Å². The van der Waals surface area contributed by atoms with E-state index in [0.29, 0.717) is 6.04 Å². The van der Waals surface area contributed by atoms with Gasteiger partial charge in [0.1, 0.15) is 5.82 Å². The predicted molar refractivity (Wildman–Crippen MR) is 81.8 cm³/mol. The highest BCUT2D eigenvalue weighted by atomic mass is 15.2. The van der Waals surface area contributed by atoms with E-state index in [-0.39, 0.29) is 0 Å². The lowest BCUT2D eigenvalue weighted by molar-refractivity contribution is 0.632. The number of nitrogens with one attached hydrogen (secondary N) is 1. The summed E-state index contributed by atoms with van der Waals surface area (Å²) >= 11 is 0. The van der Waals surface area contributed by atoms with Crippen molar-refractivity contribution in [3.8, 4) is 0 Å². The molecule has 0 bridgehead atoms. The standard InChI is InChI=1S/C16H27N3/c1-5-14-8-7-9-19(14)16-15(11-17-6-2)12(3)10-13(4)18-16/h10,14,17H,5-9,11H2,1-4H3. The van der Waals surface area contributed by atoms with Crippen LogP contribution < -0.4 is 10.2 Å². The molecule has 0 aromatic carbocycles. The maximum absolute atomic E-state index is 4.85. The van der Waals surface area contributed by atoms with Gasteiger partial charge in [0.15, 0.2) is 0 Å². The fourth-order valence-electron chi connectivity index (χ4n) is 3.09. The number of hydrogen-bond donors (Lipinski definition) is 1. The molecule has 0 saturated carbocycles. The summed E-state index contributed by atoms with van der Waals surface area (Å²) in [5.41, 5.74) is 3.88. The summed E-state index contributed by atoms with van der Waals surface area (Å²) < 4.78 is 0. The normalized spacial score (nSPS) is 19.2. The Labute approximate surface area is 117 Å². The van der Waals surface area contributed by atoms with Crippen LogP contribution in [0.25, 0.3) is 0 Å². The van der Waals surface area contributed by atoms with Gasteiger partial charge in [-0.25, -0.2) is 4.98 Å². The van der Waals surface area contributed by atoms with Gasteiger partial charge in [0, 0.05) is 30.4 Å². The fraction of sp³-hybridized carbons (Fsp3) is 0.688. The average Bonchev–Trinajstić information content (AvgIpc) is 2.85. The molecule has 1 aliphatic heterocycles. The molecule has 0 aliphatic carbocycles. The first-order chi connectivity index (χ1) is 9.17. The molecule has 1 atom stereocenters. The molecule has 3 nitrogen and oxygen atoms in total. The first-order valence-electron chi connectivity index (χ1n) is 7.61. The van der Waals surface area contributed by atoms with Crippen LogP contribution in [-0.2, 0) is 6.54 Å². The highest BCUT2D eigenvalue weighted by Crippen LogP contribution is 2.30. The maximum atomic E-state index is 4.85. The summed E-state index contributed by atoms with van der Waals surface area (Å²) in [6.45, 7) is 11.8. The largest absolute Gasteiger partial charge is 0.353 e. The summed E-state index contributed by atoms with van der Waals surface area (Å²) in [5, 5.41) is 3.45. The first-order valence-corrected chi connectivity index (χ1v) is 7.61. The van der Waals surface area contributed by atoms with Crippen molar-refractivity contribution >= 4 is 5.82 Å². The van der Waals surface area contributed by atoms with Crippen LogP contribution in [0.1, 0.15) is 49.9 Å². The molecule has 1 aromatic heterocycles. The van der Waals surface area contributed by atoms with E-state index in [4.69, 9.17) is 4.98 Å². The van der Waals surface area contributed by atoms with E-state index in [1.54, 1.807) is 0 Å². The van der Waals surface area contributed by atoms with E-state index >= 15 is 0 Å². The van der Waals surface area contributed by atoms with Crippen LogP contribution in [-0.4, -0.2) is 24.1 Å². The van der Waals surface area contributed by atoms with Crippen LogP contribution in [0.3, 0.4) is 0 Å². The molecular formula is C16H27N3. The van der Waals surface area contributed by atoms with Crippen LogP contribution in [0.15, 0.2) is 6.07 Å². The number of aryl methyl sites for hydroxylation is 2. The summed E-state index contributed by atoms with van der Waals surface area (Å²) in [6.07, 6.45) is 3.83. The second-order valence-electron chi connectivity index (χ2n) is 5.56. The van der Waals surface area contributed by atoms with Gasteiger partial charge in [-0.15, -0.1) is 0 Å². The van der Waals surface area contributed by atoms with E-state index in [1.165, 1.54) is 36.2 Å². The predicted octanol–water partition coefficient (Wildman–Crippen LogP) is 3.19. The van der Waals surface area contributed by atoms with E-state index < -0.39 is 0 Å². The molecule has 2 heterocycles. The summed E-state index contributed by atoms with van der Waals surface area (Å²) in [4.78, 5) is 7.39. The Hall–Kier alpha value is -1.09. The summed E-state index contributed by atoms with van der Waals surface area (Å²) in [6, 6.07) is 2.88. The zero-order valence-corrected chi connectivity index (χ0v) is 12.8. The number of anilines is 1. The molecule has 2 rings (SSSR count). The minimum atomic E-state index is 0.675. The first kappa shape index (κ1) is 14.3. The van der Waals surface area contributed by atoms with Crippen molar-refractivity contribution in [1.82, 2.24) is 10.3 Å². The zero-order chi connectivity index (χ0) is 13.8. The number of hydrogen-bond acceptors (Lipinski definition) is 3. The molecule has 1 saturated heterocycles. The molecule has 0 amide bonds.